The van der Waals surface area contributed by atoms with E-state index in [0.29, 0.717) is 4.57 Å². The van der Waals surface area contributed by atoms with Crippen LogP contribution in [0, 0.1) is 0 Å². The monoisotopic (exact) mass is 630 g/mol. The quantitative estimate of drug-likeness (QED) is 0.132. The van der Waals surface area contributed by atoms with Gasteiger partial charge in [0.15, 0.2) is 12.5 Å². The van der Waals surface area contributed by atoms with Gasteiger partial charge in [-0.3, -0.25) is 37.6 Å². The lowest BCUT2D eigenvalue weighted by molar-refractivity contribution is -0.271. The van der Waals surface area contributed by atoms with Crippen molar-refractivity contribution < 1.29 is 66.7 Å². The average Bonchev–Trinajstić information content (AvgIpc) is 3.10. The van der Waals surface area contributed by atoms with Crippen molar-refractivity contribution in [3.63, 3.8) is 0 Å². The molecule has 2 saturated heterocycles. The Morgan fingerprint density at radius 2 is 1.63 bits per heavy atom. The van der Waals surface area contributed by atoms with E-state index >= 15 is 0 Å². The number of aromatic nitrogens is 2. The molecule has 22 heteroatoms. The SMILES string of the molecule is CC(=O)N[C@@H]1[C@@H](OP(=O)([O-])OP(=O)([O-])OC[C@H]2O[C@@H](n3ccc(=O)[nH]c3=O)[C@H](O)[C@@H]2O)O[C@@H](C)[C@@H](NC(C)=O)[C@@H]1O. The molecule has 2 aliphatic heterocycles. The Kier molecular flexibility index (Phi) is 10.4. The first-order valence-corrected chi connectivity index (χ1v) is 14.7. The van der Waals surface area contributed by atoms with Gasteiger partial charge >= 0.3 is 5.69 Å². The van der Waals surface area contributed by atoms with Gasteiger partial charge < -0.3 is 49.7 Å². The lowest BCUT2D eigenvalue weighted by Crippen LogP contribution is -2.67. The number of phosphoric ester groups is 2. The Morgan fingerprint density at radius 3 is 2.22 bits per heavy atom. The Hall–Kier alpha value is -2.32. The molecule has 2 unspecified atom stereocenters. The number of carbonyl (C=O) groups is 2. The van der Waals surface area contributed by atoms with Crippen molar-refractivity contribution in [2.45, 2.75) is 75.9 Å². The highest BCUT2D eigenvalue weighted by molar-refractivity contribution is 7.59. The standard InChI is InChI=1S/C19H30N4O16P2/c1-7-12(20-8(2)24)15(28)13(21-9(3)25)18(36-7)38-41(33,34)39-40(31,32)35-6-10-14(27)16(29)17(37-10)23-5-4-11(26)22-19(23)30/h4-5,7,10,12-18,27-29H,6H2,1-3H3,(H,20,24)(H,21,25)(H,31,32)(H,33,34)(H,22,26,30)/p-2/t7-,10+,12+,13-,14+,15-,16+,17+,18+/m0/s1. The number of rotatable bonds is 10. The lowest BCUT2D eigenvalue weighted by Gasteiger charge is -2.45. The first-order valence-electron chi connectivity index (χ1n) is 11.8. The maximum absolute atomic E-state index is 12.4. The van der Waals surface area contributed by atoms with Crippen LogP contribution in [-0.2, 0) is 41.6 Å². The summed E-state index contributed by atoms with van der Waals surface area (Å²) in [7, 11) is -11.7. The van der Waals surface area contributed by atoms with Gasteiger partial charge in [-0.2, -0.15) is 0 Å². The minimum atomic E-state index is -5.88. The van der Waals surface area contributed by atoms with E-state index in [2.05, 4.69) is 24.0 Å². The first kappa shape index (κ1) is 33.2. The third-order valence-electron chi connectivity index (χ3n) is 5.92. The van der Waals surface area contributed by atoms with Gasteiger partial charge in [-0.25, -0.2) is 9.11 Å². The molecule has 0 radical (unpaired) electrons. The van der Waals surface area contributed by atoms with Crippen molar-refractivity contribution >= 4 is 27.5 Å². The summed E-state index contributed by atoms with van der Waals surface area (Å²) in [5.74, 6) is -1.34. The molecule has 232 valence electrons. The van der Waals surface area contributed by atoms with Crippen LogP contribution < -0.4 is 31.7 Å². The summed E-state index contributed by atoms with van der Waals surface area (Å²) in [6, 6.07) is -1.81. The largest absolute Gasteiger partial charge is 0.756 e. The highest BCUT2D eigenvalue weighted by Gasteiger charge is 2.47. The van der Waals surface area contributed by atoms with Gasteiger partial charge in [0.1, 0.15) is 30.5 Å². The summed E-state index contributed by atoms with van der Waals surface area (Å²) < 4.78 is 49.2. The number of hydrogen-bond donors (Lipinski definition) is 6. The van der Waals surface area contributed by atoms with Crippen molar-refractivity contribution in [1.29, 1.82) is 0 Å². The Morgan fingerprint density at radius 1 is 1.02 bits per heavy atom. The first-order chi connectivity index (χ1) is 18.9. The zero-order chi connectivity index (χ0) is 30.9. The zero-order valence-corrected chi connectivity index (χ0v) is 23.3. The topological polar surface area (TPSA) is 300 Å². The number of aromatic amines is 1. The average molecular weight is 630 g/mol. The van der Waals surface area contributed by atoms with Crippen LogP contribution in [0.25, 0.3) is 0 Å². The van der Waals surface area contributed by atoms with E-state index < -0.39 is 100 Å². The smallest absolute Gasteiger partial charge is 0.330 e. The Bertz CT molecular complexity index is 1340. The zero-order valence-electron chi connectivity index (χ0n) is 21.5. The third kappa shape index (κ3) is 8.38. The lowest BCUT2D eigenvalue weighted by atomic mass is 9.95. The van der Waals surface area contributed by atoms with Crippen LogP contribution in [0.1, 0.15) is 27.0 Å². The normalized spacial score (nSPS) is 34.8. The second kappa shape index (κ2) is 12.9. The number of aliphatic hydroxyl groups excluding tert-OH is 3. The van der Waals surface area contributed by atoms with Crippen molar-refractivity contribution in [1.82, 2.24) is 20.2 Å². The van der Waals surface area contributed by atoms with Crippen molar-refractivity contribution in [2.24, 2.45) is 0 Å². The molecular formula is C19H28N4O16P2-2. The van der Waals surface area contributed by atoms with Crippen molar-refractivity contribution in [2.75, 3.05) is 6.61 Å². The van der Waals surface area contributed by atoms with Gasteiger partial charge in [0, 0.05) is 26.1 Å². The fraction of sp³-hybridized carbons (Fsp3) is 0.684. The van der Waals surface area contributed by atoms with Crippen LogP contribution in [0.4, 0.5) is 0 Å². The molecule has 3 rings (SSSR count). The highest BCUT2D eigenvalue weighted by atomic mass is 31.3. The summed E-state index contributed by atoms with van der Waals surface area (Å²) in [6.45, 7) is 2.39. The maximum atomic E-state index is 12.4. The molecule has 3 heterocycles. The molecular weight excluding hydrogens is 602 g/mol. The van der Waals surface area contributed by atoms with Crippen LogP contribution in [0.15, 0.2) is 21.9 Å². The number of amides is 2. The number of nitrogens with zero attached hydrogens (tertiary/aromatic N) is 1. The van der Waals surface area contributed by atoms with Gasteiger partial charge in [-0.1, -0.05) is 0 Å². The van der Waals surface area contributed by atoms with Gasteiger partial charge in [-0.15, -0.1) is 0 Å². The summed E-state index contributed by atoms with van der Waals surface area (Å²) in [4.78, 5) is 72.9. The molecule has 0 bridgehead atoms. The van der Waals surface area contributed by atoms with Crippen LogP contribution in [0.2, 0.25) is 0 Å². The number of aliphatic hydroxyl groups is 3. The predicted molar refractivity (Wildman–Crippen MR) is 126 cm³/mol. The summed E-state index contributed by atoms with van der Waals surface area (Å²) in [5, 5.41) is 35.6. The fourth-order valence-electron chi connectivity index (χ4n) is 4.14. The van der Waals surface area contributed by atoms with Gasteiger partial charge in [0.2, 0.25) is 11.8 Å². The summed E-state index contributed by atoms with van der Waals surface area (Å²) in [6.07, 6.45) is -10.6. The number of hydrogen-bond acceptors (Lipinski definition) is 16. The molecule has 0 aliphatic carbocycles. The number of H-pyrrole nitrogens is 1. The van der Waals surface area contributed by atoms with E-state index in [0.717, 1.165) is 26.1 Å². The van der Waals surface area contributed by atoms with Crippen LogP contribution in [0.5, 0.6) is 0 Å². The molecule has 11 atom stereocenters. The number of ether oxygens (including phenoxy) is 2. The highest BCUT2D eigenvalue weighted by Crippen LogP contribution is 2.57. The van der Waals surface area contributed by atoms with Gasteiger partial charge in [-0.05, 0) is 6.92 Å². The molecule has 1 aromatic heterocycles. The number of carbonyl (C=O) groups excluding carboxylic acids is 2. The van der Waals surface area contributed by atoms with Gasteiger partial charge in [0.05, 0.1) is 18.8 Å². The molecule has 41 heavy (non-hydrogen) atoms. The van der Waals surface area contributed by atoms with E-state index in [4.69, 9.17) is 9.47 Å². The molecule has 2 amide bonds. The number of phosphoric acid groups is 2. The molecule has 20 nitrogen and oxygen atoms in total. The van der Waals surface area contributed by atoms with E-state index in [1.165, 1.54) is 6.92 Å². The van der Waals surface area contributed by atoms with Crippen molar-refractivity contribution in [3.05, 3.63) is 33.1 Å². The van der Waals surface area contributed by atoms with Crippen LogP contribution in [-0.4, -0.2) is 92.2 Å². The summed E-state index contributed by atoms with van der Waals surface area (Å²) >= 11 is 0. The van der Waals surface area contributed by atoms with E-state index in [-0.39, 0.29) is 0 Å². The van der Waals surface area contributed by atoms with Gasteiger partial charge in [0.25, 0.3) is 21.2 Å². The Balaban J connectivity index is 1.66. The molecule has 1 aromatic rings. The third-order valence-corrected chi connectivity index (χ3v) is 8.45. The second-order valence-electron chi connectivity index (χ2n) is 9.09. The Labute approximate surface area is 230 Å². The molecule has 0 spiro atoms. The molecule has 2 fully saturated rings. The second-order valence-corrected chi connectivity index (χ2v) is 12.0. The maximum Gasteiger partial charge on any atom is 0.330 e. The van der Waals surface area contributed by atoms with Crippen molar-refractivity contribution in [3.8, 4) is 0 Å². The van der Waals surface area contributed by atoms with Crippen LogP contribution >= 0.6 is 15.6 Å². The molecule has 6 N–H and O–H groups in total. The van der Waals surface area contributed by atoms with E-state index in [1.807, 2.05) is 4.98 Å². The minimum Gasteiger partial charge on any atom is -0.756 e. The predicted octanol–water partition coefficient (Wildman–Crippen LogP) is -4.74. The van der Waals surface area contributed by atoms with E-state index in [9.17, 15) is 53.4 Å². The summed E-state index contributed by atoms with van der Waals surface area (Å²) in [5.41, 5.74) is -1.77. The van der Waals surface area contributed by atoms with Crippen LogP contribution in [0.3, 0.4) is 0 Å². The molecule has 2 aliphatic rings. The molecule has 0 saturated carbocycles. The van der Waals surface area contributed by atoms with E-state index in [1.54, 1.807) is 0 Å². The number of nitrogens with one attached hydrogen (secondary N) is 3. The molecule has 0 aromatic carbocycles. The fourth-order valence-corrected chi connectivity index (χ4v) is 6.23. The minimum absolute atomic E-state index is 0.575.